The van der Waals surface area contributed by atoms with Gasteiger partial charge in [0.25, 0.3) is 5.91 Å². The molecule has 0 spiro atoms. The lowest BCUT2D eigenvalue weighted by atomic mass is 10.1. The molecule has 0 aromatic heterocycles. The molecule has 0 aromatic rings. The maximum Gasteiger partial charge on any atom is 0.266 e. The fourth-order valence-electron chi connectivity index (χ4n) is 3.05. The van der Waals surface area contributed by atoms with Gasteiger partial charge in [-0.15, -0.1) is 0 Å². The van der Waals surface area contributed by atoms with Crippen LogP contribution in [0.5, 0.6) is 0 Å². The van der Waals surface area contributed by atoms with Gasteiger partial charge in [0.05, 0.1) is 23.7 Å². The van der Waals surface area contributed by atoms with E-state index in [2.05, 4.69) is 0 Å². The lowest BCUT2D eigenvalue weighted by Gasteiger charge is -2.35. The van der Waals surface area contributed by atoms with Gasteiger partial charge < -0.3 is 14.5 Å². The van der Waals surface area contributed by atoms with E-state index in [9.17, 15) is 18.5 Å². The van der Waals surface area contributed by atoms with Gasteiger partial charge in [-0.25, -0.2) is 8.42 Å². The molecule has 0 aromatic carbocycles. The maximum absolute atomic E-state index is 12.5. The molecule has 2 aliphatic rings. The second kappa shape index (κ2) is 6.89. The first kappa shape index (κ1) is 17.8. The predicted molar refractivity (Wildman–Crippen MR) is 85.1 cm³/mol. The summed E-state index contributed by atoms with van der Waals surface area (Å²) < 4.78 is 28.7. The van der Waals surface area contributed by atoms with E-state index in [-0.39, 0.29) is 41.2 Å². The van der Waals surface area contributed by atoms with Crippen LogP contribution in [0.25, 0.3) is 0 Å². The molecule has 3 atom stereocenters. The first-order valence-corrected chi connectivity index (χ1v) is 9.53. The Labute approximate surface area is 137 Å². The van der Waals surface area contributed by atoms with Gasteiger partial charge in [-0.3, -0.25) is 4.79 Å². The van der Waals surface area contributed by atoms with E-state index in [4.69, 9.17) is 4.74 Å². The van der Waals surface area contributed by atoms with Crippen molar-refractivity contribution in [3.05, 3.63) is 11.8 Å². The highest BCUT2D eigenvalue weighted by atomic mass is 32.2. The largest absolute Gasteiger partial charge is 0.375 e. The molecule has 2 fully saturated rings. The highest BCUT2D eigenvalue weighted by Gasteiger charge is 2.31. The van der Waals surface area contributed by atoms with Gasteiger partial charge in [-0.1, -0.05) is 0 Å². The molecule has 2 heterocycles. The van der Waals surface area contributed by atoms with Crippen molar-refractivity contribution in [2.45, 2.75) is 38.5 Å². The number of morpholine rings is 1. The molecule has 0 N–H and O–H groups in total. The molecule has 2 aliphatic heterocycles. The summed E-state index contributed by atoms with van der Waals surface area (Å²) in [6.45, 7) is 4.68. The van der Waals surface area contributed by atoms with Crippen LogP contribution in [0.15, 0.2) is 11.8 Å². The van der Waals surface area contributed by atoms with Gasteiger partial charge in [0.1, 0.15) is 11.6 Å². The average molecular weight is 341 g/mol. The average Bonchev–Trinajstić information content (AvgIpc) is 2.83. The standard InChI is InChI=1S/C15H23N3O4S/c1-11-7-18(8-12(2)22-11)15(19)13(6-16)9-17(3)14-4-5-23(20,21)10-14/h9,11-12,14H,4-5,7-8,10H2,1-3H3/b13-9-. The molecular weight excluding hydrogens is 318 g/mol. The molecule has 2 rings (SSSR count). The maximum atomic E-state index is 12.5. The zero-order valence-electron chi connectivity index (χ0n) is 13.7. The summed E-state index contributed by atoms with van der Waals surface area (Å²) in [6.07, 6.45) is 1.85. The SMILES string of the molecule is CC1CN(C(=O)/C(C#N)=C\N(C)C2CCS(=O)(=O)C2)CC(C)O1. The summed E-state index contributed by atoms with van der Waals surface area (Å²) in [5, 5.41) is 9.31. The number of hydrogen-bond donors (Lipinski definition) is 0. The fourth-order valence-corrected chi connectivity index (χ4v) is 4.84. The van der Waals surface area contributed by atoms with E-state index < -0.39 is 9.84 Å². The molecule has 0 aliphatic carbocycles. The summed E-state index contributed by atoms with van der Waals surface area (Å²) in [4.78, 5) is 15.8. The molecule has 7 nitrogen and oxygen atoms in total. The van der Waals surface area contributed by atoms with Crippen LogP contribution in [0, 0.1) is 11.3 Å². The minimum absolute atomic E-state index is 0.0260. The van der Waals surface area contributed by atoms with E-state index in [1.807, 2.05) is 19.9 Å². The Hall–Kier alpha value is -1.59. The van der Waals surface area contributed by atoms with E-state index >= 15 is 0 Å². The summed E-state index contributed by atoms with van der Waals surface area (Å²) in [5.41, 5.74) is 0.0260. The summed E-state index contributed by atoms with van der Waals surface area (Å²) in [5.74, 6) is -0.106. The molecule has 8 heteroatoms. The fraction of sp³-hybridized carbons (Fsp3) is 0.733. The normalized spacial score (nSPS) is 30.8. The van der Waals surface area contributed by atoms with Crippen molar-refractivity contribution in [1.82, 2.24) is 9.80 Å². The highest BCUT2D eigenvalue weighted by molar-refractivity contribution is 7.91. The number of amides is 1. The molecule has 0 bridgehead atoms. The Morgan fingerprint density at radius 1 is 1.35 bits per heavy atom. The second-order valence-corrected chi connectivity index (χ2v) is 8.57. The van der Waals surface area contributed by atoms with Crippen LogP contribution >= 0.6 is 0 Å². The summed E-state index contributed by atoms with van der Waals surface area (Å²) in [7, 11) is -1.29. The van der Waals surface area contributed by atoms with Crippen molar-refractivity contribution < 1.29 is 17.9 Å². The Morgan fingerprint density at radius 3 is 2.43 bits per heavy atom. The molecule has 3 unspecified atom stereocenters. The first-order valence-electron chi connectivity index (χ1n) is 7.71. The minimum Gasteiger partial charge on any atom is -0.375 e. The number of carbonyl (C=O) groups is 1. The van der Waals surface area contributed by atoms with Crippen molar-refractivity contribution in [1.29, 1.82) is 5.26 Å². The number of nitriles is 1. The third-order valence-electron chi connectivity index (χ3n) is 4.17. The Bertz CT molecular complexity index is 628. The van der Waals surface area contributed by atoms with Gasteiger partial charge >= 0.3 is 0 Å². The van der Waals surface area contributed by atoms with Gasteiger partial charge in [0.15, 0.2) is 9.84 Å². The number of carbonyl (C=O) groups excluding carboxylic acids is 1. The molecule has 0 radical (unpaired) electrons. The molecule has 23 heavy (non-hydrogen) atoms. The topological polar surface area (TPSA) is 90.7 Å². The van der Waals surface area contributed by atoms with Crippen molar-refractivity contribution in [3.8, 4) is 6.07 Å². The van der Waals surface area contributed by atoms with E-state index in [0.717, 1.165) is 0 Å². The minimum atomic E-state index is -3.00. The summed E-state index contributed by atoms with van der Waals surface area (Å²) >= 11 is 0. The lowest BCUT2D eigenvalue weighted by molar-refractivity contribution is -0.138. The monoisotopic (exact) mass is 341 g/mol. The van der Waals surface area contributed by atoms with E-state index in [0.29, 0.717) is 19.5 Å². The van der Waals surface area contributed by atoms with Crippen molar-refractivity contribution in [3.63, 3.8) is 0 Å². The van der Waals surface area contributed by atoms with Crippen LogP contribution in [0.3, 0.4) is 0 Å². The molecule has 128 valence electrons. The lowest BCUT2D eigenvalue weighted by Crippen LogP contribution is -2.48. The molecule has 1 amide bonds. The number of rotatable bonds is 3. The molecule has 2 saturated heterocycles. The van der Waals surface area contributed by atoms with Crippen molar-refractivity contribution >= 4 is 15.7 Å². The predicted octanol–water partition coefficient (Wildman–Crippen LogP) is 0.149. The van der Waals surface area contributed by atoms with Crippen LogP contribution in [0.2, 0.25) is 0 Å². The number of sulfone groups is 1. The number of nitrogens with zero attached hydrogens (tertiary/aromatic N) is 3. The number of hydrogen-bond acceptors (Lipinski definition) is 6. The quantitative estimate of drug-likeness (QED) is 0.536. The van der Waals surface area contributed by atoms with Gasteiger partial charge in [-0.2, -0.15) is 5.26 Å². The Kier molecular flexibility index (Phi) is 5.32. The zero-order valence-corrected chi connectivity index (χ0v) is 14.5. The van der Waals surface area contributed by atoms with Crippen LogP contribution < -0.4 is 0 Å². The van der Waals surface area contributed by atoms with Crippen LogP contribution in [-0.4, -0.2) is 74.0 Å². The first-order chi connectivity index (χ1) is 10.7. The van der Waals surface area contributed by atoms with Crippen LogP contribution in [0.1, 0.15) is 20.3 Å². The van der Waals surface area contributed by atoms with Crippen molar-refractivity contribution in [2.24, 2.45) is 0 Å². The number of ether oxygens (including phenoxy) is 1. The van der Waals surface area contributed by atoms with Crippen LogP contribution in [-0.2, 0) is 19.4 Å². The smallest absolute Gasteiger partial charge is 0.266 e. The van der Waals surface area contributed by atoms with Crippen molar-refractivity contribution in [2.75, 3.05) is 31.6 Å². The molecule has 0 saturated carbocycles. The molecular formula is C15H23N3O4S. The van der Waals surface area contributed by atoms with Crippen LogP contribution in [0.4, 0.5) is 0 Å². The van der Waals surface area contributed by atoms with E-state index in [1.54, 1.807) is 16.8 Å². The third kappa shape index (κ3) is 4.45. The second-order valence-electron chi connectivity index (χ2n) is 6.34. The highest BCUT2D eigenvalue weighted by Crippen LogP contribution is 2.18. The van der Waals surface area contributed by atoms with E-state index in [1.165, 1.54) is 6.20 Å². The van der Waals surface area contributed by atoms with Gasteiger partial charge in [-0.05, 0) is 20.3 Å². The van der Waals surface area contributed by atoms with Gasteiger partial charge in [0, 0.05) is 32.4 Å². The Morgan fingerprint density at radius 2 is 1.96 bits per heavy atom. The zero-order chi connectivity index (χ0) is 17.2. The van der Waals surface area contributed by atoms with Gasteiger partial charge in [0.2, 0.25) is 0 Å². The third-order valence-corrected chi connectivity index (χ3v) is 5.93. The Balaban J connectivity index is 2.09. The summed E-state index contributed by atoms with van der Waals surface area (Å²) in [6, 6.07) is 1.76.